The zero-order chi connectivity index (χ0) is 14.8. The number of thioether (sulfide) groups is 1. The Hall–Kier alpha value is -1.28. The first-order valence-electron chi connectivity index (χ1n) is 5.83. The fraction of sp³-hybridized carbons (Fsp3) is 0.417. The number of hydrogen-bond donors (Lipinski definition) is 2. The monoisotopic (exact) mass is 308 g/mol. The van der Waals surface area contributed by atoms with Gasteiger partial charge in [-0.15, -0.1) is 0 Å². The molecule has 0 bridgehead atoms. The van der Waals surface area contributed by atoms with Gasteiger partial charge < -0.3 is 5.32 Å². The van der Waals surface area contributed by atoms with Gasteiger partial charge in [-0.05, 0) is 18.2 Å². The first-order chi connectivity index (χ1) is 9.35. The van der Waals surface area contributed by atoms with E-state index in [4.69, 9.17) is 0 Å². The average Bonchev–Trinajstić information content (AvgIpc) is 2.69. The summed E-state index contributed by atoms with van der Waals surface area (Å²) in [6.07, 6.45) is -0.565. The van der Waals surface area contributed by atoms with Gasteiger partial charge in [-0.25, -0.2) is 8.78 Å². The molecule has 1 amide bonds. The molecule has 20 heavy (non-hydrogen) atoms. The van der Waals surface area contributed by atoms with Gasteiger partial charge in [0.1, 0.15) is 0 Å². The average molecular weight is 308 g/mol. The van der Waals surface area contributed by atoms with Crippen LogP contribution in [0.1, 0.15) is 6.42 Å². The number of carbonyl (C=O) groups excluding carboxylic acids is 1. The molecule has 3 nitrogen and oxygen atoms in total. The highest BCUT2D eigenvalue weighted by Gasteiger charge is 2.42. The lowest BCUT2D eigenvalue weighted by Crippen LogP contribution is -2.35. The van der Waals surface area contributed by atoms with E-state index < -0.39 is 36.6 Å². The molecular formula is C12H12F4N2OS. The van der Waals surface area contributed by atoms with Crippen LogP contribution in [0.3, 0.4) is 0 Å². The molecule has 110 valence electrons. The van der Waals surface area contributed by atoms with Crippen molar-refractivity contribution >= 4 is 23.4 Å². The fourth-order valence-electron chi connectivity index (χ4n) is 1.88. The molecule has 0 spiro atoms. The van der Waals surface area contributed by atoms with E-state index in [1.165, 1.54) is 24.3 Å². The summed E-state index contributed by atoms with van der Waals surface area (Å²) in [6.45, 7) is -0.535. The number of alkyl halides is 4. The minimum Gasteiger partial charge on any atom is -0.325 e. The molecule has 1 saturated heterocycles. The summed E-state index contributed by atoms with van der Waals surface area (Å²) in [6, 6.07) is 4.91. The van der Waals surface area contributed by atoms with Crippen molar-refractivity contribution in [3.8, 4) is 0 Å². The van der Waals surface area contributed by atoms with Crippen molar-refractivity contribution in [3.63, 3.8) is 0 Å². The first-order valence-corrected chi connectivity index (χ1v) is 6.71. The first kappa shape index (κ1) is 15.1. The lowest BCUT2D eigenvalue weighted by molar-refractivity contribution is -0.118. The van der Waals surface area contributed by atoms with Crippen molar-refractivity contribution in [2.75, 3.05) is 11.9 Å². The molecule has 1 heterocycles. The van der Waals surface area contributed by atoms with Gasteiger partial charge in [-0.3, -0.25) is 10.1 Å². The molecule has 0 saturated carbocycles. The van der Waals surface area contributed by atoms with Crippen LogP contribution < -0.4 is 10.6 Å². The lowest BCUT2D eigenvalue weighted by Gasteiger charge is -2.12. The summed E-state index contributed by atoms with van der Waals surface area (Å²) < 4.78 is 50.4. The maximum Gasteiger partial charge on any atom is 0.288 e. The number of hydrogen-bond acceptors (Lipinski definition) is 3. The van der Waals surface area contributed by atoms with Crippen molar-refractivity contribution in [2.24, 2.45) is 0 Å². The Labute approximate surface area is 117 Å². The zero-order valence-corrected chi connectivity index (χ0v) is 11.0. The molecule has 2 N–H and O–H groups in total. The van der Waals surface area contributed by atoms with E-state index in [9.17, 15) is 22.4 Å². The summed E-state index contributed by atoms with van der Waals surface area (Å²) in [5.74, 6) is -6.05. The van der Waals surface area contributed by atoms with E-state index in [-0.39, 0.29) is 0 Å². The summed E-state index contributed by atoms with van der Waals surface area (Å²) >= 11 is 0.351. The minimum atomic E-state index is -2.89. The Balaban J connectivity index is 1.98. The predicted molar refractivity (Wildman–Crippen MR) is 68.3 cm³/mol. The van der Waals surface area contributed by atoms with Crippen LogP contribution in [-0.4, -0.2) is 30.2 Å². The molecular weight excluding hydrogens is 296 g/mol. The van der Waals surface area contributed by atoms with Gasteiger partial charge >= 0.3 is 0 Å². The second-order valence-electron chi connectivity index (χ2n) is 4.39. The number of nitrogens with one attached hydrogen (secondary N) is 2. The summed E-state index contributed by atoms with van der Waals surface area (Å²) in [5, 5.41) is 4.87. The Morgan fingerprint density at radius 1 is 1.45 bits per heavy atom. The fourth-order valence-corrected chi connectivity index (χ4v) is 2.44. The van der Waals surface area contributed by atoms with Crippen molar-refractivity contribution in [2.45, 2.75) is 29.0 Å². The number of rotatable bonds is 4. The molecule has 1 aromatic carbocycles. The molecule has 1 aliphatic heterocycles. The zero-order valence-electron chi connectivity index (χ0n) is 10.2. The molecule has 2 rings (SSSR count). The Morgan fingerprint density at radius 3 is 2.80 bits per heavy atom. The van der Waals surface area contributed by atoms with Crippen molar-refractivity contribution in [3.05, 3.63) is 24.3 Å². The van der Waals surface area contributed by atoms with Crippen LogP contribution in [0, 0.1) is 0 Å². The molecule has 0 aromatic heterocycles. The lowest BCUT2D eigenvalue weighted by atomic mass is 10.2. The molecule has 1 aromatic rings. The molecule has 1 atom stereocenters. The van der Waals surface area contributed by atoms with E-state index >= 15 is 0 Å². The highest BCUT2D eigenvalue weighted by atomic mass is 32.2. The van der Waals surface area contributed by atoms with Crippen LogP contribution in [0.25, 0.3) is 0 Å². The van der Waals surface area contributed by atoms with Crippen molar-refractivity contribution < 1.29 is 22.4 Å². The highest BCUT2D eigenvalue weighted by molar-refractivity contribution is 7.99. The third-order valence-corrected chi connectivity index (χ3v) is 3.46. The maximum absolute atomic E-state index is 13.0. The SMILES string of the molecule is O=C(Nc1cccc(SC(F)F)c1)C1CC(F)(F)CN1. The standard InChI is InChI=1S/C12H12F4N2OS/c13-11(14)20-8-3-1-2-7(4-8)18-10(19)9-5-12(15,16)6-17-9/h1-4,9,11,17H,5-6H2,(H,18,19). The van der Waals surface area contributed by atoms with E-state index in [0.717, 1.165) is 0 Å². The second kappa shape index (κ2) is 6.01. The second-order valence-corrected chi connectivity index (χ2v) is 5.45. The number of halogens is 4. The minimum absolute atomic E-state index is 0.294. The van der Waals surface area contributed by atoms with E-state index in [1.807, 2.05) is 0 Å². The van der Waals surface area contributed by atoms with Crippen LogP contribution in [0.15, 0.2) is 29.2 Å². The third-order valence-electron chi connectivity index (χ3n) is 2.75. The normalized spacial score (nSPS) is 21.1. The van der Waals surface area contributed by atoms with E-state index in [2.05, 4.69) is 10.6 Å². The molecule has 1 fully saturated rings. The van der Waals surface area contributed by atoms with Gasteiger partial charge in [0.25, 0.3) is 11.7 Å². The van der Waals surface area contributed by atoms with Crippen molar-refractivity contribution in [1.29, 1.82) is 0 Å². The van der Waals surface area contributed by atoms with Crippen LogP contribution in [-0.2, 0) is 4.79 Å². The van der Waals surface area contributed by atoms with Gasteiger partial charge in [0.15, 0.2) is 0 Å². The summed E-state index contributed by atoms with van der Waals surface area (Å²) in [5.41, 5.74) is 0.303. The number of benzene rings is 1. The van der Waals surface area contributed by atoms with Crippen molar-refractivity contribution in [1.82, 2.24) is 5.32 Å². The van der Waals surface area contributed by atoms with Crippen LogP contribution in [0.5, 0.6) is 0 Å². The summed E-state index contributed by atoms with van der Waals surface area (Å²) in [4.78, 5) is 12.1. The van der Waals surface area contributed by atoms with Gasteiger partial charge in [-0.1, -0.05) is 17.8 Å². The molecule has 8 heteroatoms. The molecule has 0 aliphatic carbocycles. The molecule has 1 aliphatic rings. The van der Waals surface area contributed by atoms with Gasteiger partial charge in [-0.2, -0.15) is 8.78 Å². The Bertz CT molecular complexity index is 498. The highest BCUT2D eigenvalue weighted by Crippen LogP contribution is 2.28. The maximum atomic E-state index is 13.0. The Kier molecular flexibility index (Phi) is 4.54. The van der Waals surface area contributed by atoms with Crippen LogP contribution in [0.4, 0.5) is 23.2 Å². The van der Waals surface area contributed by atoms with Crippen LogP contribution >= 0.6 is 11.8 Å². The number of amides is 1. The smallest absolute Gasteiger partial charge is 0.288 e. The van der Waals surface area contributed by atoms with E-state index in [0.29, 0.717) is 22.3 Å². The number of anilines is 1. The Morgan fingerprint density at radius 2 is 2.20 bits per heavy atom. The van der Waals surface area contributed by atoms with Crippen LogP contribution in [0.2, 0.25) is 0 Å². The van der Waals surface area contributed by atoms with Gasteiger partial charge in [0.05, 0.1) is 12.6 Å². The topological polar surface area (TPSA) is 41.1 Å². The number of carbonyl (C=O) groups is 1. The van der Waals surface area contributed by atoms with Gasteiger partial charge in [0, 0.05) is 17.0 Å². The largest absolute Gasteiger partial charge is 0.325 e. The predicted octanol–water partition coefficient (Wildman–Crippen LogP) is 2.94. The molecule has 0 radical (unpaired) electrons. The quantitative estimate of drug-likeness (QED) is 0.664. The molecule has 1 unspecified atom stereocenters. The van der Waals surface area contributed by atoms with E-state index in [1.54, 1.807) is 0 Å². The summed E-state index contributed by atoms with van der Waals surface area (Å²) in [7, 11) is 0. The third kappa shape index (κ3) is 4.11. The van der Waals surface area contributed by atoms with Gasteiger partial charge in [0.2, 0.25) is 5.91 Å².